The molecule has 0 radical (unpaired) electrons. The van der Waals surface area contributed by atoms with Crippen molar-refractivity contribution in [3.05, 3.63) is 187 Å². The van der Waals surface area contributed by atoms with Gasteiger partial charge in [-0.15, -0.1) is 0 Å². The second-order valence-electron chi connectivity index (χ2n) is 14.3. The topological polar surface area (TPSA) is 4.41 Å². The van der Waals surface area contributed by atoms with Gasteiger partial charge in [0.25, 0.3) is 0 Å². The first-order chi connectivity index (χ1) is 25.3. The third-order valence-electron chi connectivity index (χ3n) is 11.8. The zero-order valence-corrected chi connectivity index (χ0v) is 27.9. The molecule has 2 heterocycles. The molecular weight excluding hydrogens is 615 g/mol. The van der Waals surface area contributed by atoms with E-state index in [1.165, 1.54) is 109 Å². The van der Waals surface area contributed by atoms with Crippen LogP contribution in [-0.4, -0.2) is 4.40 Å². The fraction of sp³-hybridized carbons (Fsp3) is 0.0400. The predicted octanol–water partition coefficient (Wildman–Crippen LogP) is 13.3. The molecule has 0 N–H and O–H groups in total. The number of benzene rings is 9. The van der Waals surface area contributed by atoms with Crippen molar-refractivity contribution in [1.29, 1.82) is 0 Å². The Labute approximate surface area is 295 Å². The summed E-state index contributed by atoms with van der Waals surface area (Å²) in [7, 11) is 0. The Bertz CT molecular complexity index is 3200. The summed E-state index contributed by atoms with van der Waals surface area (Å²) in [4.78, 5) is 0. The van der Waals surface area contributed by atoms with Crippen LogP contribution in [0, 0.1) is 0 Å². The number of hydrogen-bond donors (Lipinski definition) is 0. The molecule has 1 aliphatic rings. The van der Waals surface area contributed by atoms with Crippen molar-refractivity contribution >= 4 is 70.4 Å². The molecule has 2 aromatic heterocycles. The van der Waals surface area contributed by atoms with Crippen LogP contribution in [0.5, 0.6) is 0 Å². The average Bonchev–Trinajstić information content (AvgIpc) is 3.71. The maximum atomic E-state index is 2.57. The lowest BCUT2D eigenvalue weighted by molar-refractivity contribution is 0.834. The van der Waals surface area contributed by atoms with E-state index < -0.39 is 0 Å². The van der Waals surface area contributed by atoms with Crippen molar-refractivity contribution < 1.29 is 0 Å². The number of nitrogens with zero attached hydrogens (tertiary/aromatic N) is 1. The van der Waals surface area contributed by atoms with Crippen molar-refractivity contribution in [3.63, 3.8) is 0 Å². The Morgan fingerprint density at radius 1 is 0.412 bits per heavy atom. The molecule has 51 heavy (non-hydrogen) atoms. The molecule has 0 amide bonds. The molecule has 1 heteroatoms. The van der Waals surface area contributed by atoms with Gasteiger partial charge in [-0.05, 0) is 95.9 Å². The van der Waals surface area contributed by atoms with Crippen molar-refractivity contribution in [2.45, 2.75) is 12.3 Å². The number of aromatic nitrogens is 1. The third-order valence-corrected chi connectivity index (χ3v) is 11.8. The van der Waals surface area contributed by atoms with E-state index in [1.807, 2.05) is 0 Å². The van der Waals surface area contributed by atoms with Gasteiger partial charge < -0.3 is 4.40 Å². The van der Waals surface area contributed by atoms with Crippen LogP contribution in [0.15, 0.2) is 170 Å². The van der Waals surface area contributed by atoms with E-state index >= 15 is 0 Å². The standard InChI is InChI=1S/C50H31N/c1-2-12-30(13-3-1)28-42-43-29-41(34-17-6-7-19-36(34)48(43)39-26-24-31-14-4-5-16-33(31)47(39)42)38-21-11-23-45-49(38)40-27-25-32-15-10-20-37-35-18-8-9-22-44(35)51(45)50(40)46(32)37/h1-27,29,42H,28H2. The number of pyridine rings is 1. The summed E-state index contributed by atoms with van der Waals surface area (Å²) in [6.45, 7) is 0. The molecule has 0 spiro atoms. The van der Waals surface area contributed by atoms with E-state index in [0.717, 1.165) is 6.42 Å². The maximum Gasteiger partial charge on any atom is 0.0626 e. The molecule has 1 unspecified atom stereocenters. The van der Waals surface area contributed by atoms with Crippen LogP contribution in [0.1, 0.15) is 22.6 Å². The molecule has 236 valence electrons. The summed E-state index contributed by atoms with van der Waals surface area (Å²) in [6, 6.07) is 63.7. The van der Waals surface area contributed by atoms with Crippen LogP contribution in [0.25, 0.3) is 92.7 Å². The van der Waals surface area contributed by atoms with Gasteiger partial charge in [0.2, 0.25) is 0 Å². The van der Waals surface area contributed by atoms with Crippen molar-refractivity contribution in [1.82, 2.24) is 4.40 Å². The van der Waals surface area contributed by atoms with Crippen LogP contribution >= 0.6 is 0 Å². The molecule has 1 nitrogen and oxygen atoms in total. The summed E-state index contributed by atoms with van der Waals surface area (Å²) >= 11 is 0. The number of fused-ring (bicyclic) bond motifs is 13. The van der Waals surface area contributed by atoms with E-state index in [4.69, 9.17) is 0 Å². The van der Waals surface area contributed by atoms with Crippen LogP contribution in [0.4, 0.5) is 0 Å². The van der Waals surface area contributed by atoms with E-state index in [2.05, 4.69) is 174 Å². The van der Waals surface area contributed by atoms with Crippen molar-refractivity contribution in [2.24, 2.45) is 0 Å². The first kappa shape index (κ1) is 27.4. The zero-order chi connectivity index (χ0) is 33.2. The Morgan fingerprint density at radius 3 is 2.00 bits per heavy atom. The second-order valence-corrected chi connectivity index (χ2v) is 14.3. The summed E-state index contributed by atoms with van der Waals surface area (Å²) in [5.74, 6) is 0.243. The Hall–Kier alpha value is -6.44. The lowest BCUT2D eigenvalue weighted by Gasteiger charge is -2.18. The SMILES string of the molecule is c1ccc(CC2c3cc(-c4cccc5c4c4ccc6cccc7c8ccccc8n5c4c67)c4ccccc4c3-c3ccc4ccccc4c32)cc1. The van der Waals surface area contributed by atoms with Gasteiger partial charge in [-0.2, -0.15) is 0 Å². The Balaban J connectivity index is 1.22. The summed E-state index contributed by atoms with van der Waals surface area (Å²) < 4.78 is 2.54. The van der Waals surface area contributed by atoms with Gasteiger partial charge >= 0.3 is 0 Å². The van der Waals surface area contributed by atoms with Crippen LogP contribution in [-0.2, 0) is 6.42 Å². The molecule has 0 aliphatic heterocycles. The van der Waals surface area contributed by atoms with Crippen LogP contribution in [0.2, 0.25) is 0 Å². The average molecular weight is 646 g/mol. The molecule has 12 rings (SSSR count). The van der Waals surface area contributed by atoms with E-state index in [-0.39, 0.29) is 5.92 Å². The van der Waals surface area contributed by atoms with Gasteiger partial charge in [-0.1, -0.05) is 152 Å². The van der Waals surface area contributed by atoms with E-state index in [0.29, 0.717) is 0 Å². The molecule has 0 saturated carbocycles. The molecule has 11 aromatic rings. The van der Waals surface area contributed by atoms with Gasteiger partial charge in [-0.25, -0.2) is 0 Å². The van der Waals surface area contributed by atoms with Gasteiger partial charge in [0.15, 0.2) is 0 Å². The lowest BCUT2D eigenvalue weighted by Crippen LogP contribution is -2.03. The predicted molar refractivity (Wildman–Crippen MR) is 216 cm³/mol. The number of rotatable bonds is 3. The van der Waals surface area contributed by atoms with Crippen LogP contribution in [0.3, 0.4) is 0 Å². The highest BCUT2D eigenvalue weighted by Gasteiger charge is 2.33. The summed E-state index contributed by atoms with van der Waals surface area (Å²) in [6.07, 6.45) is 0.960. The monoisotopic (exact) mass is 645 g/mol. The molecule has 0 fully saturated rings. The minimum atomic E-state index is 0.243. The maximum absolute atomic E-state index is 2.57. The van der Waals surface area contributed by atoms with Crippen molar-refractivity contribution in [2.75, 3.05) is 0 Å². The lowest BCUT2D eigenvalue weighted by atomic mass is 9.85. The van der Waals surface area contributed by atoms with Gasteiger partial charge in [0, 0.05) is 27.5 Å². The molecule has 1 aliphatic carbocycles. The fourth-order valence-corrected chi connectivity index (χ4v) is 9.82. The molecule has 0 saturated heterocycles. The Kier molecular flexibility index (Phi) is 5.40. The number of hydrogen-bond acceptors (Lipinski definition) is 0. The molecule has 1 atom stereocenters. The van der Waals surface area contributed by atoms with Crippen molar-refractivity contribution in [3.8, 4) is 22.3 Å². The zero-order valence-electron chi connectivity index (χ0n) is 27.9. The first-order valence-corrected chi connectivity index (χ1v) is 18.0. The highest BCUT2D eigenvalue weighted by Crippen LogP contribution is 2.54. The minimum absolute atomic E-state index is 0.243. The number of para-hydroxylation sites is 1. The Morgan fingerprint density at radius 2 is 1.10 bits per heavy atom. The third kappa shape index (κ3) is 3.60. The molecule has 9 aromatic carbocycles. The van der Waals surface area contributed by atoms with Gasteiger partial charge in [-0.3, -0.25) is 0 Å². The quantitative estimate of drug-likeness (QED) is 0.133. The normalized spacial score (nSPS) is 14.2. The molecule has 0 bridgehead atoms. The minimum Gasteiger partial charge on any atom is -0.308 e. The van der Waals surface area contributed by atoms with Gasteiger partial charge in [0.1, 0.15) is 0 Å². The smallest absolute Gasteiger partial charge is 0.0626 e. The van der Waals surface area contributed by atoms with E-state index in [1.54, 1.807) is 0 Å². The highest BCUT2D eigenvalue weighted by atomic mass is 14.9. The largest absolute Gasteiger partial charge is 0.308 e. The summed E-state index contributed by atoms with van der Waals surface area (Å²) in [5, 5.41) is 13.2. The van der Waals surface area contributed by atoms with Crippen LogP contribution < -0.4 is 0 Å². The second kappa shape index (κ2) is 10.1. The molecular formula is C50H31N. The first-order valence-electron chi connectivity index (χ1n) is 18.0. The summed E-state index contributed by atoms with van der Waals surface area (Å²) in [5.41, 5.74) is 13.5. The fourth-order valence-electron chi connectivity index (χ4n) is 9.82. The highest BCUT2D eigenvalue weighted by molar-refractivity contribution is 6.30. The van der Waals surface area contributed by atoms with E-state index in [9.17, 15) is 0 Å². The van der Waals surface area contributed by atoms with Gasteiger partial charge in [0.05, 0.1) is 16.6 Å².